The van der Waals surface area contributed by atoms with Crippen molar-refractivity contribution in [1.29, 1.82) is 0 Å². The Hall–Kier alpha value is -2.68. The van der Waals surface area contributed by atoms with E-state index in [1.54, 1.807) is 0 Å². The Morgan fingerprint density at radius 3 is 2.24 bits per heavy atom. The zero-order valence-corrected chi connectivity index (χ0v) is 14.9. The molecule has 8 nitrogen and oxygen atoms in total. The van der Waals surface area contributed by atoms with Gasteiger partial charge in [0.25, 0.3) is 11.1 Å². The van der Waals surface area contributed by atoms with Gasteiger partial charge in [0.2, 0.25) is 5.75 Å². The van der Waals surface area contributed by atoms with Gasteiger partial charge in [0.1, 0.15) is 6.04 Å². The minimum absolute atomic E-state index is 0.135. The summed E-state index contributed by atoms with van der Waals surface area (Å²) in [6.45, 7) is 1.41. The van der Waals surface area contributed by atoms with E-state index in [9.17, 15) is 19.5 Å². The number of imide groups is 1. The van der Waals surface area contributed by atoms with Crippen LogP contribution in [0.1, 0.15) is 12.5 Å². The molecule has 25 heavy (non-hydrogen) atoms. The molecule has 1 atom stereocenters. The van der Waals surface area contributed by atoms with Crippen molar-refractivity contribution in [2.45, 2.75) is 13.0 Å². The first-order chi connectivity index (χ1) is 11.8. The zero-order valence-electron chi connectivity index (χ0n) is 14.1. The van der Waals surface area contributed by atoms with E-state index in [2.05, 4.69) is 4.74 Å². The molecule has 0 aliphatic carbocycles. The number of nitrogens with zero attached hydrogens (tertiary/aromatic N) is 1. The summed E-state index contributed by atoms with van der Waals surface area (Å²) in [7, 11) is 3.94. The fourth-order valence-corrected chi connectivity index (χ4v) is 3.15. The second-order valence-corrected chi connectivity index (χ2v) is 6.02. The SMILES string of the molecule is COC(=O)[C@@H](C)N1C(=O)S/C(=C\c2cc(OC)c(O)c(OC)c2)C1=O. The van der Waals surface area contributed by atoms with Crippen LogP contribution in [0.5, 0.6) is 17.2 Å². The molecule has 1 saturated heterocycles. The van der Waals surface area contributed by atoms with Crippen molar-refractivity contribution in [2.75, 3.05) is 21.3 Å². The monoisotopic (exact) mass is 367 g/mol. The number of benzene rings is 1. The van der Waals surface area contributed by atoms with Crippen LogP contribution in [-0.4, -0.2) is 54.5 Å². The predicted octanol–water partition coefficient (Wildman–Crippen LogP) is 2.01. The summed E-state index contributed by atoms with van der Waals surface area (Å²) in [5.41, 5.74) is 0.489. The van der Waals surface area contributed by atoms with Crippen LogP contribution in [0.4, 0.5) is 4.79 Å². The van der Waals surface area contributed by atoms with Gasteiger partial charge >= 0.3 is 5.97 Å². The standard InChI is InChI=1S/C16H17NO7S/c1-8(15(20)24-4)17-14(19)12(25-16(17)21)7-9-5-10(22-2)13(18)11(6-9)23-3/h5-8,18H,1-4H3/b12-7-/t8-/m1/s1. The van der Waals surface area contributed by atoms with E-state index in [-0.39, 0.29) is 22.2 Å². The number of carbonyl (C=O) groups excluding carboxylic acids is 3. The van der Waals surface area contributed by atoms with E-state index in [1.807, 2.05) is 0 Å². The third-order valence-corrected chi connectivity index (χ3v) is 4.44. The van der Waals surface area contributed by atoms with E-state index in [0.29, 0.717) is 17.3 Å². The van der Waals surface area contributed by atoms with Gasteiger partial charge < -0.3 is 19.3 Å². The smallest absolute Gasteiger partial charge is 0.328 e. The highest BCUT2D eigenvalue weighted by Gasteiger charge is 2.41. The second-order valence-electron chi connectivity index (χ2n) is 5.02. The Bertz CT molecular complexity index is 734. The number of aromatic hydroxyl groups is 1. The predicted molar refractivity (Wildman–Crippen MR) is 90.5 cm³/mol. The molecule has 1 N–H and O–H groups in total. The molecule has 0 unspecified atom stereocenters. The van der Waals surface area contributed by atoms with Crippen LogP contribution < -0.4 is 9.47 Å². The quantitative estimate of drug-likeness (QED) is 0.623. The number of hydrogen-bond acceptors (Lipinski definition) is 8. The average molecular weight is 367 g/mol. The van der Waals surface area contributed by atoms with Gasteiger partial charge in [0.05, 0.1) is 26.2 Å². The van der Waals surface area contributed by atoms with Crippen molar-refractivity contribution >= 4 is 35.0 Å². The summed E-state index contributed by atoms with van der Waals surface area (Å²) in [4.78, 5) is 37.1. The summed E-state index contributed by atoms with van der Waals surface area (Å²) >= 11 is 0.711. The number of thioether (sulfide) groups is 1. The summed E-state index contributed by atoms with van der Waals surface area (Å²) in [5, 5.41) is 9.35. The number of rotatable bonds is 5. The van der Waals surface area contributed by atoms with Gasteiger partial charge in [-0.25, -0.2) is 4.79 Å². The van der Waals surface area contributed by atoms with Gasteiger partial charge in [-0.05, 0) is 42.5 Å². The lowest BCUT2D eigenvalue weighted by atomic mass is 10.1. The maximum Gasteiger partial charge on any atom is 0.328 e. The maximum atomic E-state index is 12.5. The molecule has 0 saturated carbocycles. The molecule has 0 bridgehead atoms. The molecular weight excluding hydrogens is 350 g/mol. The number of esters is 1. The lowest BCUT2D eigenvalue weighted by Gasteiger charge is -2.18. The van der Waals surface area contributed by atoms with Crippen LogP contribution in [0.3, 0.4) is 0 Å². The van der Waals surface area contributed by atoms with Crippen LogP contribution in [0.25, 0.3) is 6.08 Å². The van der Waals surface area contributed by atoms with Crippen LogP contribution in [0.15, 0.2) is 17.0 Å². The number of methoxy groups -OCH3 is 3. The van der Waals surface area contributed by atoms with E-state index < -0.39 is 23.2 Å². The number of hydrogen-bond donors (Lipinski definition) is 1. The highest BCUT2D eigenvalue weighted by molar-refractivity contribution is 8.18. The van der Waals surface area contributed by atoms with Crippen LogP contribution in [-0.2, 0) is 14.3 Å². The number of ether oxygens (including phenoxy) is 3. The number of carbonyl (C=O) groups is 3. The third-order valence-electron chi connectivity index (χ3n) is 3.55. The maximum absolute atomic E-state index is 12.5. The third kappa shape index (κ3) is 3.55. The van der Waals surface area contributed by atoms with Crippen molar-refractivity contribution in [3.8, 4) is 17.2 Å². The Morgan fingerprint density at radius 1 is 1.20 bits per heavy atom. The molecule has 1 heterocycles. The molecule has 2 rings (SSSR count). The summed E-state index contributed by atoms with van der Waals surface area (Å²) in [6.07, 6.45) is 1.46. The Morgan fingerprint density at radius 2 is 1.76 bits per heavy atom. The molecule has 1 aliphatic rings. The van der Waals surface area contributed by atoms with Gasteiger partial charge in [-0.1, -0.05) is 0 Å². The normalized spacial score (nSPS) is 17.0. The number of phenols is 1. The van der Waals surface area contributed by atoms with Gasteiger partial charge in [0, 0.05) is 0 Å². The first kappa shape index (κ1) is 18.7. The number of phenolic OH excluding ortho intramolecular Hbond substituents is 1. The Labute approximate surface area is 148 Å². The largest absolute Gasteiger partial charge is 0.502 e. The molecule has 0 aromatic heterocycles. The van der Waals surface area contributed by atoms with E-state index >= 15 is 0 Å². The first-order valence-electron chi connectivity index (χ1n) is 7.13. The van der Waals surface area contributed by atoms with E-state index in [1.165, 1.54) is 46.5 Å². The molecule has 1 aliphatic heterocycles. The Kier molecular flexibility index (Phi) is 5.58. The van der Waals surface area contributed by atoms with Crippen LogP contribution in [0.2, 0.25) is 0 Å². The minimum atomic E-state index is -1.02. The first-order valence-corrected chi connectivity index (χ1v) is 7.95. The zero-order chi connectivity index (χ0) is 18.7. The van der Waals surface area contributed by atoms with Crippen LogP contribution >= 0.6 is 11.8 Å². The van der Waals surface area contributed by atoms with Crippen molar-refractivity contribution in [1.82, 2.24) is 4.90 Å². The molecule has 2 amide bonds. The molecule has 9 heteroatoms. The molecule has 0 radical (unpaired) electrons. The molecular formula is C16H17NO7S. The molecule has 1 fully saturated rings. The fourth-order valence-electron chi connectivity index (χ4n) is 2.24. The summed E-state index contributed by atoms with van der Waals surface area (Å²) in [5.74, 6) is -1.13. The van der Waals surface area contributed by atoms with Crippen molar-refractivity contribution < 1.29 is 33.7 Å². The molecule has 134 valence electrons. The lowest BCUT2D eigenvalue weighted by Crippen LogP contribution is -2.42. The van der Waals surface area contributed by atoms with Gasteiger partial charge in [-0.3, -0.25) is 14.5 Å². The summed E-state index contributed by atoms with van der Waals surface area (Å²) < 4.78 is 14.7. The van der Waals surface area contributed by atoms with Crippen molar-refractivity contribution in [3.05, 3.63) is 22.6 Å². The number of amides is 2. The van der Waals surface area contributed by atoms with Crippen LogP contribution in [0, 0.1) is 0 Å². The van der Waals surface area contributed by atoms with Gasteiger partial charge in [-0.2, -0.15) is 0 Å². The van der Waals surface area contributed by atoms with E-state index in [0.717, 1.165) is 4.90 Å². The average Bonchev–Trinajstić information content (AvgIpc) is 2.88. The minimum Gasteiger partial charge on any atom is -0.502 e. The highest BCUT2D eigenvalue weighted by atomic mass is 32.2. The Balaban J connectivity index is 2.38. The van der Waals surface area contributed by atoms with Gasteiger partial charge in [-0.15, -0.1) is 0 Å². The second kappa shape index (κ2) is 7.47. The lowest BCUT2D eigenvalue weighted by molar-refractivity contribution is -0.148. The van der Waals surface area contributed by atoms with Gasteiger partial charge in [0.15, 0.2) is 11.5 Å². The van der Waals surface area contributed by atoms with Crippen molar-refractivity contribution in [2.24, 2.45) is 0 Å². The highest BCUT2D eigenvalue weighted by Crippen LogP contribution is 2.39. The van der Waals surface area contributed by atoms with Crippen molar-refractivity contribution in [3.63, 3.8) is 0 Å². The topological polar surface area (TPSA) is 102 Å². The summed E-state index contributed by atoms with van der Waals surface area (Å²) in [6, 6.07) is 1.97. The molecule has 1 aromatic carbocycles. The van der Waals surface area contributed by atoms with E-state index in [4.69, 9.17) is 9.47 Å². The molecule has 0 spiro atoms. The fraction of sp³-hybridized carbons (Fsp3) is 0.312. The molecule has 1 aromatic rings.